The molecule has 2 aromatic carbocycles. The quantitative estimate of drug-likeness (QED) is 0.715. The lowest BCUT2D eigenvalue weighted by molar-refractivity contribution is 0.516. The average molecular weight is 283 g/mol. The molecule has 1 unspecified atom stereocenters. The van der Waals surface area contributed by atoms with Gasteiger partial charge in [0.25, 0.3) is 0 Å². The van der Waals surface area contributed by atoms with E-state index < -0.39 is 0 Å². The van der Waals surface area contributed by atoms with Gasteiger partial charge in [0.15, 0.2) is 0 Å². The maximum Gasteiger partial charge on any atom is 0.134 e. The van der Waals surface area contributed by atoms with E-state index in [0.29, 0.717) is 0 Å². The van der Waals surface area contributed by atoms with Gasteiger partial charge in [-0.3, -0.25) is 0 Å². The van der Waals surface area contributed by atoms with E-state index in [4.69, 9.17) is 10.2 Å². The third-order valence-electron chi connectivity index (χ3n) is 3.26. The Balaban J connectivity index is 1.69. The first kappa shape index (κ1) is 13.3. The molecule has 0 amide bonds. The topological polar surface area (TPSA) is 39.2 Å². The number of hydrogen-bond acceptors (Lipinski definition) is 3. The minimum atomic E-state index is -0.0892. The number of furan rings is 1. The van der Waals surface area contributed by atoms with Gasteiger partial charge in [0.1, 0.15) is 11.3 Å². The first-order chi connectivity index (χ1) is 9.72. The summed E-state index contributed by atoms with van der Waals surface area (Å²) in [6, 6.07) is 18.4. The Labute approximate surface area is 123 Å². The molecule has 1 atom stereocenters. The summed E-state index contributed by atoms with van der Waals surface area (Å²) in [4.78, 5) is 1.24. The predicted octanol–water partition coefficient (Wildman–Crippen LogP) is 4.53. The fourth-order valence-electron chi connectivity index (χ4n) is 2.09. The summed E-state index contributed by atoms with van der Waals surface area (Å²) < 4.78 is 5.80. The molecule has 20 heavy (non-hydrogen) atoms. The van der Waals surface area contributed by atoms with Crippen LogP contribution in [-0.4, -0.2) is 5.75 Å². The van der Waals surface area contributed by atoms with E-state index in [-0.39, 0.29) is 6.04 Å². The summed E-state index contributed by atoms with van der Waals surface area (Å²) in [5.74, 6) is 1.66. The largest absolute Gasteiger partial charge is 0.459 e. The predicted molar refractivity (Wildman–Crippen MR) is 85.0 cm³/mol. The van der Waals surface area contributed by atoms with E-state index in [0.717, 1.165) is 22.5 Å². The molecule has 0 spiro atoms. The summed E-state index contributed by atoms with van der Waals surface area (Å²) in [6.45, 7) is 2.09. The zero-order chi connectivity index (χ0) is 13.9. The zero-order valence-electron chi connectivity index (χ0n) is 11.4. The molecule has 3 aromatic rings. The number of thioether (sulfide) groups is 1. The van der Waals surface area contributed by atoms with Crippen LogP contribution in [-0.2, 0) is 0 Å². The van der Waals surface area contributed by atoms with Crippen LogP contribution in [0, 0.1) is 6.92 Å². The normalized spacial score (nSPS) is 12.7. The van der Waals surface area contributed by atoms with Crippen molar-refractivity contribution in [1.29, 1.82) is 0 Å². The van der Waals surface area contributed by atoms with Crippen LogP contribution in [0.5, 0.6) is 0 Å². The number of para-hydroxylation sites is 1. The molecule has 3 rings (SSSR count). The summed E-state index contributed by atoms with van der Waals surface area (Å²) in [5.41, 5.74) is 8.40. The zero-order valence-corrected chi connectivity index (χ0v) is 12.2. The Hall–Kier alpha value is -1.71. The Morgan fingerprint density at radius 2 is 1.85 bits per heavy atom. The van der Waals surface area contributed by atoms with Crippen molar-refractivity contribution in [3.8, 4) is 0 Å². The molecule has 0 aliphatic rings. The Morgan fingerprint density at radius 1 is 1.10 bits per heavy atom. The van der Waals surface area contributed by atoms with Gasteiger partial charge in [-0.15, -0.1) is 11.8 Å². The second-order valence-electron chi connectivity index (χ2n) is 4.92. The van der Waals surface area contributed by atoms with Crippen LogP contribution in [0.15, 0.2) is 63.9 Å². The van der Waals surface area contributed by atoms with Crippen molar-refractivity contribution >= 4 is 22.7 Å². The van der Waals surface area contributed by atoms with Crippen molar-refractivity contribution in [3.63, 3.8) is 0 Å². The van der Waals surface area contributed by atoms with Crippen molar-refractivity contribution in [3.05, 3.63) is 65.9 Å². The van der Waals surface area contributed by atoms with Gasteiger partial charge in [0, 0.05) is 16.0 Å². The molecule has 0 aliphatic heterocycles. The number of rotatable bonds is 4. The lowest BCUT2D eigenvalue weighted by Gasteiger charge is -2.08. The highest BCUT2D eigenvalue weighted by Gasteiger charge is 2.12. The van der Waals surface area contributed by atoms with Crippen molar-refractivity contribution in [2.75, 3.05) is 5.75 Å². The molecule has 0 saturated carbocycles. The number of benzene rings is 2. The summed E-state index contributed by atoms with van der Waals surface area (Å²) in [5, 5.41) is 1.11. The van der Waals surface area contributed by atoms with E-state index in [9.17, 15) is 0 Å². The Morgan fingerprint density at radius 3 is 2.60 bits per heavy atom. The summed E-state index contributed by atoms with van der Waals surface area (Å²) in [6.07, 6.45) is 0. The van der Waals surface area contributed by atoms with E-state index >= 15 is 0 Å². The van der Waals surface area contributed by atoms with Crippen LogP contribution in [0.25, 0.3) is 11.0 Å². The maximum atomic E-state index is 6.22. The minimum absolute atomic E-state index is 0.0892. The lowest BCUT2D eigenvalue weighted by atomic mass is 10.2. The van der Waals surface area contributed by atoms with E-state index in [1.165, 1.54) is 10.5 Å². The van der Waals surface area contributed by atoms with Crippen LogP contribution in [0.3, 0.4) is 0 Å². The van der Waals surface area contributed by atoms with Crippen molar-refractivity contribution in [2.24, 2.45) is 5.73 Å². The van der Waals surface area contributed by atoms with Gasteiger partial charge in [0.05, 0.1) is 6.04 Å². The Bertz CT molecular complexity index is 669. The highest BCUT2D eigenvalue weighted by molar-refractivity contribution is 7.99. The Kier molecular flexibility index (Phi) is 3.81. The molecule has 0 aliphatic carbocycles. The highest BCUT2D eigenvalue weighted by atomic mass is 32.2. The molecular formula is C17H17NOS. The van der Waals surface area contributed by atoms with Gasteiger partial charge in [-0.1, -0.05) is 35.9 Å². The van der Waals surface area contributed by atoms with Crippen LogP contribution in [0.4, 0.5) is 0 Å². The molecule has 2 nitrogen and oxygen atoms in total. The molecule has 3 heteroatoms. The molecule has 0 radical (unpaired) electrons. The first-order valence-electron chi connectivity index (χ1n) is 6.66. The SMILES string of the molecule is Cc1ccc(SCC(N)c2cc3ccccc3o2)cc1. The summed E-state index contributed by atoms with van der Waals surface area (Å²) in [7, 11) is 0. The third-order valence-corrected chi connectivity index (χ3v) is 4.39. The molecule has 2 N–H and O–H groups in total. The van der Waals surface area contributed by atoms with Crippen molar-refractivity contribution < 1.29 is 4.42 Å². The van der Waals surface area contributed by atoms with Crippen LogP contribution in [0.2, 0.25) is 0 Å². The lowest BCUT2D eigenvalue weighted by Crippen LogP contribution is -2.11. The number of aryl methyl sites for hydroxylation is 1. The van der Waals surface area contributed by atoms with Gasteiger partial charge >= 0.3 is 0 Å². The highest BCUT2D eigenvalue weighted by Crippen LogP contribution is 2.27. The standard InChI is InChI=1S/C17H17NOS/c1-12-6-8-14(9-7-12)20-11-15(18)17-10-13-4-2-3-5-16(13)19-17/h2-10,15H,11,18H2,1H3. The smallest absolute Gasteiger partial charge is 0.134 e. The average Bonchev–Trinajstić information content (AvgIpc) is 2.90. The summed E-state index contributed by atoms with van der Waals surface area (Å²) >= 11 is 1.76. The van der Waals surface area contributed by atoms with Gasteiger partial charge in [0.2, 0.25) is 0 Å². The van der Waals surface area contributed by atoms with E-state index in [2.05, 4.69) is 31.2 Å². The molecule has 0 bridgehead atoms. The van der Waals surface area contributed by atoms with Gasteiger partial charge in [-0.25, -0.2) is 0 Å². The first-order valence-corrected chi connectivity index (χ1v) is 7.64. The van der Waals surface area contributed by atoms with Gasteiger partial charge in [-0.05, 0) is 31.2 Å². The molecule has 0 saturated heterocycles. The monoisotopic (exact) mass is 283 g/mol. The maximum absolute atomic E-state index is 6.22. The fourth-order valence-corrected chi connectivity index (χ4v) is 2.95. The molecule has 0 fully saturated rings. The molecular weight excluding hydrogens is 266 g/mol. The number of hydrogen-bond donors (Lipinski definition) is 1. The number of fused-ring (bicyclic) bond motifs is 1. The molecule has 1 heterocycles. The van der Waals surface area contributed by atoms with E-state index in [1.54, 1.807) is 11.8 Å². The van der Waals surface area contributed by atoms with E-state index in [1.807, 2.05) is 30.3 Å². The van der Waals surface area contributed by atoms with Crippen molar-refractivity contribution in [2.45, 2.75) is 17.9 Å². The number of nitrogens with two attached hydrogens (primary N) is 1. The minimum Gasteiger partial charge on any atom is -0.459 e. The fraction of sp³-hybridized carbons (Fsp3) is 0.176. The van der Waals surface area contributed by atoms with Crippen molar-refractivity contribution in [1.82, 2.24) is 0 Å². The van der Waals surface area contributed by atoms with Gasteiger partial charge < -0.3 is 10.2 Å². The molecule has 102 valence electrons. The van der Waals surface area contributed by atoms with Gasteiger partial charge in [-0.2, -0.15) is 0 Å². The second kappa shape index (κ2) is 5.73. The van der Waals surface area contributed by atoms with Crippen LogP contribution in [0.1, 0.15) is 17.4 Å². The van der Waals surface area contributed by atoms with Crippen LogP contribution >= 0.6 is 11.8 Å². The molecule has 1 aromatic heterocycles. The second-order valence-corrected chi connectivity index (χ2v) is 6.01. The van der Waals surface area contributed by atoms with Crippen LogP contribution < -0.4 is 5.73 Å². The third kappa shape index (κ3) is 2.89.